The first-order valence-electron chi connectivity index (χ1n) is 6.09. The van der Waals surface area contributed by atoms with Crippen molar-refractivity contribution in [3.63, 3.8) is 0 Å². The highest BCUT2D eigenvalue weighted by molar-refractivity contribution is 5.69. The van der Waals surface area contributed by atoms with Gasteiger partial charge in [-0.15, -0.1) is 6.42 Å². The lowest BCUT2D eigenvalue weighted by molar-refractivity contribution is -0.132. The third-order valence-electron chi connectivity index (χ3n) is 2.91. The van der Waals surface area contributed by atoms with Crippen molar-refractivity contribution in [2.45, 2.75) is 32.1 Å². The van der Waals surface area contributed by atoms with E-state index in [-0.39, 0.29) is 24.2 Å². The smallest absolute Gasteiger partial charge is 0.353 e. The van der Waals surface area contributed by atoms with E-state index in [0.717, 1.165) is 0 Å². The molecular weight excluding hydrogens is 264 g/mol. The molecule has 1 aliphatic rings. The van der Waals surface area contributed by atoms with E-state index in [1.165, 1.54) is 17.7 Å². The number of carbonyl (C=O) groups excluding carboxylic acids is 1. The number of ether oxygens (including phenoxy) is 2. The Morgan fingerprint density at radius 2 is 2.45 bits per heavy atom. The molecule has 0 aliphatic carbocycles. The summed E-state index contributed by atoms with van der Waals surface area (Å²) in [5, 5.41) is 9.03. The van der Waals surface area contributed by atoms with Crippen molar-refractivity contribution in [2.24, 2.45) is 0 Å². The van der Waals surface area contributed by atoms with Crippen molar-refractivity contribution in [1.82, 2.24) is 9.55 Å². The van der Waals surface area contributed by atoms with Crippen molar-refractivity contribution >= 4 is 5.97 Å². The summed E-state index contributed by atoms with van der Waals surface area (Å²) >= 11 is 0. The summed E-state index contributed by atoms with van der Waals surface area (Å²) in [6.07, 6.45) is 7.09. The van der Waals surface area contributed by atoms with Gasteiger partial charge in [-0.1, -0.05) is 5.92 Å². The summed E-state index contributed by atoms with van der Waals surface area (Å²) in [7, 11) is 0. The molecule has 0 aromatic carbocycles. The van der Waals surface area contributed by atoms with Crippen molar-refractivity contribution in [1.29, 1.82) is 0 Å². The van der Waals surface area contributed by atoms with E-state index in [1.807, 2.05) is 0 Å². The molecule has 0 bridgehead atoms. The van der Waals surface area contributed by atoms with Crippen LogP contribution in [0.1, 0.15) is 31.6 Å². The highest BCUT2D eigenvalue weighted by atomic mass is 16.5. The number of rotatable bonds is 3. The molecule has 0 saturated carbocycles. The molecule has 0 amide bonds. The number of hydrogen-bond acceptors (Lipinski definition) is 6. The van der Waals surface area contributed by atoms with E-state index in [2.05, 4.69) is 10.9 Å². The van der Waals surface area contributed by atoms with Gasteiger partial charge in [-0.2, -0.15) is 4.98 Å². The van der Waals surface area contributed by atoms with Crippen LogP contribution < -0.4 is 10.4 Å². The first-order valence-corrected chi connectivity index (χ1v) is 6.09. The number of nitrogens with zero attached hydrogens (tertiary/aromatic N) is 2. The zero-order valence-electron chi connectivity index (χ0n) is 10.9. The highest BCUT2D eigenvalue weighted by Crippen LogP contribution is 2.27. The summed E-state index contributed by atoms with van der Waals surface area (Å²) < 4.78 is 11.5. The summed E-state index contributed by atoms with van der Waals surface area (Å²) in [4.78, 5) is 26.5. The van der Waals surface area contributed by atoms with Gasteiger partial charge in [-0.25, -0.2) is 4.79 Å². The molecule has 1 aromatic heterocycles. The fraction of sp³-hybridized carbons (Fsp3) is 0.462. The van der Waals surface area contributed by atoms with Gasteiger partial charge in [-0.3, -0.25) is 9.36 Å². The lowest BCUT2D eigenvalue weighted by atomic mass is 10.2. The summed E-state index contributed by atoms with van der Waals surface area (Å²) in [5.41, 5.74) is -0.431. The van der Waals surface area contributed by atoms with Crippen LogP contribution >= 0.6 is 0 Å². The van der Waals surface area contributed by atoms with E-state index in [1.54, 1.807) is 0 Å². The zero-order valence-corrected chi connectivity index (χ0v) is 10.9. The van der Waals surface area contributed by atoms with Gasteiger partial charge in [0.25, 0.3) is 0 Å². The average molecular weight is 278 g/mol. The number of aliphatic hydroxyl groups excluding tert-OH is 1. The summed E-state index contributed by atoms with van der Waals surface area (Å²) in [6, 6.07) is 0. The predicted molar refractivity (Wildman–Crippen MR) is 68.0 cm³/mol. The molecule has 1 N–H and O–H groups in total. The fourth-order valence-electron chi connectivity index (χ4n) is 2.00. The molecule has 1 aromatic rings. The van der Waals surface area contributed by atoms with Gasteiger partial charge in [0.1, 0.15) is 11.8 Å². The van der Waals surface area contributed by atoms with E-state index in [4.69, 9.17) is 21.0 Å². The van der Waals surface area contributed by atoms with Crippen molar-refractivity contribution in [3.05, 3.63) is 22.2 Å². The van der Waals surface area contributed by atoms with Crippen molar-refractivity contribution in [2.75, 3.05) is 6.61 Å². The van der Waals surface area contributed by atoms with Gasteiger partial charge in [0.15, 0.2) is 0 Å². The van der Waals surface area contributed by atoms with Gasteiger partial charge >= 0.3 is 11.7 Å². The lowest BCUT2D eigenvalue weighted by Crippen LogP contribution is -2.28. The van der Waals surface area contributed by atoms with Crippen molar-refractivity contribution in [3.8, 4) is 18.2 Å². The SMILES string of the molecule is C#Cc1cn(C2CCC(CO)O2)c(=O)nc1OC(C)=O. The number of esters is 1. The number of hydrogen-bond donors (Lipinski definition) is 1. The third-order valence-corrected chi connectivity index (χ3v) is 2.91. The maximum absolute atomic E-state index is 11.9. The Morgan fingerprint density at radius 3 is 3.00 bits per heavy atom. The van der Waals surface area contributed by atoms with Crippen LogP contribution in [-0.4, -0.2) is 33.3 Å². The van der Waals surface area contributed by atoms with Crippen LogP contribution in [0, 0.1) is 12.3 Å². The second kappa shape index (κ2) is 5.86. The average Bonchev–Trinajstić information content (AvgIpc) is 2.87. The van der Waals surface area contributed by atoms with Crippen LogP contribution in [0.4, 0.5) is 0 Å². The molecule has 106 valence electrons. The van der Waals surface area contributed by atoms with Crippen LogP contribution in [0.25, 0.3) is 0 Å². The molecular formula is C13H14N2O5. The minimum absolute atomic E-state index is 0.105. The number of carbonyl (C=O) groups is 1. The van der Waals surface area contributed by atoms with E-state index < -0.39 is 17.9 Å². The lowest BCUT2D eigenvalue weighted by Gasteiger charge is -2.15. The van der Waals surface area contributed by atoms with Crippen LogP contribution in [-0.2, 0) is 9.53 Å². The molecule has 2 atom stereocenters. The second-order valence-corrected chi connectivity index (χ2v) is 4.36. The van der Waals surface area contributed by atoms with E-state index >= 15 is 0 Å². The summed E-state index contributed by atoms with van der Waals surface area (Å²) in [5.74, 6) is 1.52. The molecule has 2 heterocycles. The topological polar surface area (TPSA) is 90.7 Å². The molecule has 0 radical (unpaired) electrons. The standard InChI is InChI=1S/C13H14N2O5/c1-3-9-6-15(11-5-4-10(7-16)20-11)13(18)14-12(9)19-8(2)17/h1,6,10-11,16H,4-5,7H2,2H3. The van der Waals surface area contributed by atoms with Crippen LogP contribution in [0.15, 0.2) is 11.0 Å². The van der Waals surface area contributed by atoms with Gasteiger partial charge in [0.2, 0.25) is 5.88 Å². The third kappa shape index (κ3) is 2.87. The molecule has 1 saturated heterocycles. The van der Waals surface area contributed by atoms with Crippen LogP contribution in [0.2, 0.25) is 0 Å². The van der Waals surface area contributed by atoms with Gasteiger partial charge < -0.3 is 14.6 Å². The van der Waals surface area contributed by atoms with Gasteiger partial charge in [-0.05, 0) is 12.8 Å². The molecule has 7 heteroatoms. The predicted octanol–water partition coefficient (Wildman–Crippen LogP) is -0.180. The Bertz CT molecular complexity index is 616. The van der Waals surface area contributed by atoms with Gasteiger partial charge in [0.05, 0.1) is 12.7 Å². The Labute approximate surface area is 115 Å². The quantitative estimate of drug-likeness (QED) is 0.609. The Hall–Kier alpha value is -2.17. The minimum Gasteiger partial charge on any atom is -0.406 e. The molecule has 1 fully saturated rings. The minimum atomic E-state index is -0.621. The number of aliphatic hydroxyl groups is 1. The normalized spacial score (nSPS) is 21.4. The maximum Gasteiger partial charge on any atom is 0.353 e. The molecule has 20 heavy (non-hydrogen) atoms. The molecule has 2 rings (SSSR count). The van der Waals surface area contributed by atoms with Gasteiger partial charge in [0, 0.05) is 13.1 Å². The Kier molecular flexibility index (Phi) is 4.17. The number of terminal acetylenes is 1. The Morgan fingerprint density at radius 1 is 1.70 bits per heavy atom. The molecule has 2 unspecified atom stereocenters. The first kappa shape index (κ1) is 14.2. The maximum atomic E-state index is 11.9. The van der Waals surface area contributed by atoms with E-state index in [0.29, 0.717) is 12.8 Å². The van der Waals surface area contributed by atoms with Crippen LogP contribution in [0.3, 0.4) is 0 Å². The second-order valence-electron chi connectivity index (χ2n) is 4.36. The zero-order chi connectivity index (χ0) is 14.7. The van der Waals surface area contributed by atoms with Crippen molar-refractivity contribution < 1.29 is 19.4 Å². The highest BCUT2D eigenvalue weighted by Gasteiger charge is 2.27. The van der Waals surface area contributed by atoms with Crippen LogP contribution in [0.5, 0.6) is 5.88 Å². The Balaban J connectivity index is 2.34. The van der Waals surface area contributed by atoms with E-state index in [9.17, 15) is 9.59 Å². The molecule has 0 spiro atoms. The largest absolute Gasteiger partial charge is 0.406 e. The fourth-order valence-corrected chi connectivity index (χ4v) is 2.00. The molecule has 1 aliphatic heterocycles. The molecule has 7 nitrogen and oxygen atoms in total. The number of aromatic nitrogens is 2. The summed E-state index contributed by atoms with van der Waals surface area (Å²) in [6.45, 7) is 1.09. The first-order chi connectivity index (χ1) is 9.55. The monoisotopic (exact) mass is 278 g/mol.